The summed E-state index contributed by atoms with van der Waals surface area (Å²) >= 11 is 15.9. The smallest absolute Gasteiger partial charge is 0.242 e. The number of halogens is 3. The summed E-state index contributed by atoms with van der Waals surface area (Å²) in [5.41, 5.74) is 0. The summed E-state index contributed by atoms with van der Waals surface area (Å²) < 4.78 is 31.7. The number of nitrogens with one attached hydrogen (secondary N) is 1. The molecule has 4 nitrogen and oxygen atoms in total. The van der Waals surface area contributed by atoms with E-state index < -0.39 is 10.0 Å². The van der Waals surface area contributed by atoms with Gasteiger partial charge in [0.2, 0.25) is 10.0 Å². The lowest BCUT2D eigenvalue weighted by Crippen LogP contribution is -2.27. The summed E-state index contributed by atoms with van der Waals surface area (Å²) in [4.78, 5) is 0.128. The Balaban J connectivity index is 2.58. The number of sulfonamides is 1. The van der Waals surface area contributed by atoms with Gasteiger partial charge in [-0.15, -0.1) is 11.3 Å². The van der Waals surface area contributed by atoms with Crippen molar-refractivity contribution in [1.29, 1.82) is 0 Å². The molecule has 0 aromatic carbocycles. The quantitative estimate of drug-likeness (QED) is 0.720. The number of alkyl halides is 1. The van der Waals surface area contributed by atoms with Gasteiger partial charge in [-0.3, -0.25) is 0 Å². The second kappa shape index (κ2) is 7.42. The monoisotopic (exact) mass is 395 g/mol. The van der Waals surface area contributed by atoms with Crippen LogP contribution in [0.25, 0.3) is 0 Å². The third-order valence-electron chi connectivity index (χ3n) is 2.01. The molecule has 0 bridgehead atoms. The van der Waals surface area contributed by atoms with Crippen molar-refractivity contribution >= 4 is 60.5 Å². The van der Waals surface area contributed by atoms with E-state index >= 15 is 0 Å². The first-order chi connectivity index (χ1) is 8.36. The van der Waals surface area contributed by atoms with E-state index in [-0.39, 0.29) is 14.1 Å². The molecule has 0 aliphatic rings. The molecule has 104 valence electrons. The molecule has 0 spiro atoms. The van der Waals surface area contributed by atoms with Gasteiger partial charge >= 0.3 is 0 Å². The molecule has 1 aromatic heterocycles. The summed E-state index contributed by atoms with van der Waals surface area (Å²) in [7, 11) is -2.01. The van der Waals surface area contributed by atoms with Gasteiger partial charge in [0.25, 0.3) is 0 Å². The molecule has 1 N–H and O–H groups in total. The van der Waals surface area contributed by atoms with Crippen LogP contribution in [0.3, 0.4) is 0 Å². The van der Waals surface area contributed by atoms with Gasteiger partial charge in [0.15, 0.2) is 0 Å². The summed E-state index contributed by atoms with van der Waals surface area (Å²) in [5.74, 6) is 0. The SMILES string of the molecule is COCC(Br)CCNS(=O)(=O)c1cc(Cl)sc1Cl. The van der Waals surface area contributed by atoms with Crippen LogP contribution in [0.4, 0.5) is 0 Å². The summed E-state index contributed by atoms with van der Waals surface area (Å²) in [6.07, 6.45) is 0.614. The first-order valence-electron chi connectivity index (χ1n) is 4.94. The van der Waals surface area contributed by atoms with Gasteiger partial charge in [-0.1, -0.05) is 39.1 Å². The van der Waals surface area contributed by atoms with Crippen LogP contribution in [-0.2, 0) is 14.8 Å². The van der Waals surface area contributed by atoms with E-state index in [9.17, 15) is 8.42 Å². The van der Waals surface area contributed by atoms with Crippen LogP contribution in [0.1, 0.15) is 6.42 Å². The minimum Gasteiger partial charge on any atom is -0.384 e. The van der Waals surface area contributed by atoms with E-state index in [0.717, 1.165) is 11.3 Å². The number of hydrogen-bond acceptors (Lipinski definition) is 4. The van der Waals surface area contributed by atoms with E-state index in [1.165, 1.54) is 6.07 Å². The third kappa shape index (κ3) is 4.96. The molecular formula is C9H12BrCl2NO3S2. The fourth-order valence-electron chi connectivity index (χ4n) is 1.20. The maximum absolute atomic E-state index is 11.9. The molecular weight excluding hydrogens is 385 g/mol. The minimum absolute atomic E-state index is 0.0250. The van der Waals surface area contributed by atoms with Crippen LogP contribution in [0.15, 0.2) is 11.0 Å². The predicted molar refractivity (Wildman–Crippen MR) is 78.7 cm³/mol. The van der Waals surface area contributed by atoms with Crippen LogP contribution in [0, 0.1) is 0 Å². The van der Waals surface area contributed by atoms with Gasteiger partial charge in [0, 0.05) is 18.5 Å². The van der Waals surface area contributed by atoms with Gasteiger partial charge < -0.3 is 4.74 Å². The Morgan fingerprint density at radius 3 is 2.72 bits per heavy atom. The zero-order valence-electron chi connectivity index (χ0n) is 9.45. The van der Waals surface area contributed by atoms with Crippen LogP contribution in [-0.4, -0.2) is 33.5 Å². The number of ether oxygens (including phenoxy) is 1. The van der Waals surface area contributed by atoms with Gasteiger partial charge in [0.1, 0.15) is 9.23 Å². The van der Waals surface area contributed by atoms with Crippen molar-refractivity contribution in [1.82, 2.24) is 4.72 Å². The van der Waals surface area contributed by atoms with Crippen LogP contribution in [0.2, 0.25) is 8.67 Å². The topological polar surface area (TPSA) is 55.4 Å². The highest BCUT2D eigenvalue weighted by molar-refractivity contribution is 9.09. The molecule has 0 aliphatic carbocycles. The first kappa shape index (κ1) is 16.7. The second-order valence-electron chi connectivity index (χ2n) is 3.43. The van der Waals surface area contributed by atoms with Crippen molar-refractivity contribution in [2.45, 2.75) is 16.1 Å². The normalized spacial score (nSPS) is 13.8. The Morgan fingerprint density at radius 1 is 1.56 bits per heavy atom. The molecule has 0 amide bonds. The largest absolute Gasteiger partial charge is 0.384 e. The molecule has 1 rings (SSSR count). The molecule has 0 aliphatic heterocycles. The Hall–Kier alpha value is 0.630. The average molecular weight is 397 g/mol. The van der Waals surface area contributed by atoms with Crippen LogP contribution >= 0.6 is 50.5 Å². The molecule has 1 heterocycles. The van der Waals surface area contributed by atoms with Crippen molar-refractivity contribution in [2.24, 2.45) is 0 Å². The summed E-state index contributed by atoms with van der Waals surface area (Å²) in [6.45, 7) is 0.818. The molecule has 18 heavy (non-hydrogen) atoms. The van der Waals surface area contributed by atoms with E-state index in [1.807, 2.05) is 0 Å². The number of methoxy groups -OCH3 is 1. The van der Waals surface area contributed by atoms with Gasteiger partial charge in [0.05, 0.1) is 10.9 Å². The fourth-order valence-corrected chi connectivity index (χ4v) is 4.89. The van der Waals surface area contributed by atoms with E-state index in [4.69, 9.17) is 27.9 Å². The first-order valence-corrected chi connectivity index (χ1v) is 8.91. The lowest BCUT2D eigenvalue weighted by molar-refractivity contribution is 0.199. The van der Waals surface area contributed by atoms with Crippen LogP contribution < -0.4 is 4.72 Å². The minimum atomic E-state index is -3.60. The van der Waals surface area contributed by atoms with E-state index in [0.29, 0.717) is 23.9 Å². The van der Waals surface area contributed by atoms with Crippen molar-refractivity contribution in [3.63, 3.8) is 0 Å². The van der Waals surface area contributed by atoms with Gasteiger partial charge in [-0.2, -0.15) is 0 Å². The lowest BCUT2D eigenvalue weighted by atomic mass is 10.3. The highest BCUT2D eigenvalue weighted by atomic mass is 79.9. The van der Waals surface area contributed by atoms with Gasteiger partial charge in [-0.25, -0.2) is 13.1 Å². The number of thiophene rings is 1. The molecule has 0 fully saturated rings. The van der Waals surface area contributed by atoms with Crippen LogP contribution in [0.5, 0.6) is 0 Å². The Morgan fingerprint density at radius 2 is 2.22 bits per heavy atom. The van der Waals surface area contributed by atoms with Crippen molar-refractivity contribution < 1.29 is 13.2 Å². The highest BCUT2D eigenvalue weighted by Gasteiger charge is 2.20. The van der Waals surface area contributed by atoms with Gasteiger partial charge in [-0.05, 0) is 12.5 Å². The zero-order valence-corrected chi connectivity index (χ0v) is 14.2. The second-order valence-corrected chi connectivity index (χ2v) is 8.74. The Labute approximate surface area is 129 Å². The third-order valence-corrected chi connectivity index (χ3v) is 5.95. The summed E-state index contributed by atoms with van der Waals surface area (Å²) in [6, 6.07) is 1.34. The Kier molecular flexibility index (Phi) is 6.88. The Bertz CT molecular complexity index is 492. The number of rotatable bonds is 7. The molecule has 9 heteroatoms. The molecule has 0 saturated carbocycles. The zero-order chi connectivity index (χ0) is 13.8. The van der Waals surface area contributed by atoms with Crippen molar-refractivity contribution in [2.75, 3.05) is 20.3 Å². The van der Waals surface area contributed by atoms with Crippen molar-refractivity contribution in [3.05, 3.63) is 14.7 Å². The summed E-state index contributed by atoms with van der Waals surface area (Å²) in [5, 5.41) is 0. The molecule has 1 unspecified atom stereocenters. The molecule has 0 saturated heterocycles. The molecule has 1 aromatic rings. The van der Waals surface area contributed by atoms with E-state index in [2.05, 4.69) is 20.7 Å². The lowest BCUT2D eigenvalue weighted by Gasteiger charge is -2.09. The fraction of sp³-hybridized carbons (Fsp3) is 0.556. The average Bonchev–Trinajstić information content (AvgIpc) is 2.58. The van der Waals surface area contributed by atoms with Crippen molar-refractivity contribution in [3.8, 4) is 0 Å². The predicted octanol–water partition coefficient (Wildman–Crippen LogP) is 3.13. The maximum atomic E-state index is 11.9. The number of hydrogen-bond donors (Lipinski definition) is 1. The highest BCUT2D eigenvalue weighted by Crippen LogP contribution is 2.34. The molecule has 1 atom stereocenters. The standard InChI is InChI=1S/C9H12BrCl2NO3S2/c1-16-5-6(10)2-3-13-18(14,15)7-4-8(11)17-9(7)12/h4,6,13H,2-3,5H2,1H3. The molecule has 0 radical (unpaired) electrons. The maximum Gasteiger partial charge on any atom is 0.242 e. The van der Waals surface area contributed by atoms with E-state index in [1.54, 1.807) is 7.11 Å².